The van der Waals surface area contributed by atoms with E-state index in [0.29, 0.717) is 12.1 Å². The van der Waals surface area contributed by atoms with E-state index in [0.717, 1.165) is 31.2 Å². The first kappa shape index (κ1) is 24.7. The molecular formula is C19H34IN5O. The SMILES string of the molecule is CCCCN(C)CCNC(=NC)NCc1ccc(C(=O)N(C)C)cc1.I. The number of carbonyl (C=O) groups excluding carboxylic acids is 1. The van der Waals surface area contributed by atoms with Crippen LogP contribution in [-0.2, 0) is 6.54 Å². The van der Waals surface area contributed by atoms with E-state index in [1.165, 1.54) is 12.8 Å². The summed E-state index contributed by atoms with van der Waals surface area (Å²) in [4.78, 5) is 20.0. The lowest BCUT2D eigenvalue weighted by atomic mass is 10.1. The molecular weight excluding hydrogens is 441 g/mol. The van der Waals surface area contributed by atoms with Crippen molar-refractivity contribution in [3.05, 3.63) is 35.4 Å². The summed E-state index contributed by atoms with van der Waals surface area (Å²) in [6, 6.07) is 7.65. The number of likely N-dealkylation sites (N-methyl/N-ethyl adjacent to an activating group) is 1. The van der Waals surface area contributed by atoms with Crippen LogP contribution >= 0.6 is 24.0 Å². The summed E-state index contributed by atoms with van der Waals surface area (Å²) in [6.45, 7) is 5.85. The summed E-state index contributed by atoms with van der Waals surface area (Å²) < 4.78 is 0. The Morgan fingerprint density at radius 3 is 2.27 bits per heavy atom. The Hall–Kier alpha value is -1.35. The third-order valence-corrected chi connectivity index (χ3v) is 3.97. The van der Waals surface area contributed by atoms with Crippen LogP contribution in [0.15, 0.2) is 29.3 Å². The number of nitrogens with zero attached hydrogens (tertiary/aromatic N) is 3. The van der Waals surface area contributed by atoms with Crippen LogP contribution in [0.25, 0.3) is 0 Å². The van der Waals surface area contributed by atoms with Gasteiger partial charge in [-0.05, 0) is 37.7 Å². The molecule has 6 nitrogen and oxygen atoms in total. The Balaban J connectivity index is 0.00000625. The van der Waals surface area contributed by atoms with Gasteiger partial charge in [-0.2, -0.15) is 0 Å². The number of benzene rings is 1. The number of guanidine groups is 1. The first-order chi connectivity index (χ1) is 12.0. The van der Waals surface area contributed by atoms with Crippen molar-refractivity contribution in [1.82, 2.24) is 20.4 Å². The Morgan fingerprint density at radius 2 is 1.73 bits per heavy atom. The molecule has 1 aromatic rings. The summed E-state index contributed by atoms with van der Waals surface area (Å²) in [7, 11) is 7.43. The van der Waals surface area contributed by atoms with Crippen LogP contribution in [0.3, 0.4) is 0 Å². The highest BCUT2D eigenvalue weighted by molar-refractivity contribution is 14.0. The van der Waals surface area contributed by atoms with Crippen LogP contribution in [0.5, 0.6) is 0 Å². The molecule has 0 spiro atoms. The van der Waals surface area contributed by atoms with Gasteiger partial charge in [-0.15, -0.1) is 24.0 Å². The van der Waals surface area contributed by atoms with Gasteiger partial charge in [0.2, 0.25) is 0 Å². The molecule has 0 aliphatic rings. The number of carbonyl (C=O) groups is 1. The van der Waals surface area contributed by atoms with Gasteiger partial charge in [-0.25, -0.2) is 0 Å². The monoisotopic (exact) mass is 475 g/mol. The van der Waals surface area contributed by atoms with E-state index in [9.17, 15) is 4.79 Å². The first-order valence-electron chi connectivity index (χ1n) is 8.91. The van der Waals surface area contributed by atoms with E-state index in [2.05, 4.69) is 34.5 Å². The zero-order chi connectivity index (χ0) is 18.7. The fraction of sp³-hybridized carbons (Fsp3) is 0.579. The standard InChI is InChI=1S/C19H33N5O.HI/c1-6-7-13-24(5)14-12-21-19(20-2)22-15-16-8-10-17(11-9-16)18(25)23(3)4;/h8-11H,6-7,12-15H2,1-5H3,(H2,20,21,22);1H. The third kappa shape index (κ3) is 9.38. The van der Waals surface area contributed by atoms with Crippen LogP contribution < -0.4 is 10.6 Å². The summed E-state index contributed by atoms with van der Waals surface area (Å²) in [5.74, 6) is 0.807. The summed E-state index contributed by atoms with van der Waals surface area (Å²) in [5, 5.41) is 6.63. The molecule has 1 amide bonds. The minimum absolute atomic E-state index is 0. The molecule has 7 heteroatoms. The fourth-order valence-corrected chi connectivity index (χ4v) is 2.33. The average Bonchev–Trinajstić information content (AvgIpc) is 2.62. The van der Waals surface area contributed by atoms with E-state index in [1.807, 2.05) is 24.3 Å². The van der Waals surface area contributed by atoms with Crippen LogP contribution in [0.2, 0.25) is 0 Å². The molecule has 1 rings (SSSR count). The van der Waals surface area contributed by atoms with Gasteiger partial charge in [0.25, 0.3) is 5.91 Å². The number of halogens is 1. The van der Waals surface area contributed by atoms with E-state index in [4.69, 9.17) is 0 Å². The molecule has 0 fully saturated rings. The van der Waals surface area contributed by atoms with E-state index < -0.39 is 0 Å². The molecule has 0 radical (unpaired) electrons. The van der Waals surface area contributed by atoms with Gasteiger partial charge in [0.15, 0.2) is 5.96 Å². The normalized spacial score (nSPS) is 11.1. The molecule has 0 aliphatic heterocycles. The van der Waals surface area contributed by atoms with Gasteiger partial charge in [0.1, 0.15) is 0 Å². The zero-order valence-corrected chi connectivity index (χ0v) is 19.0. The van der Waals surface area contributed by atoms with Crippen LogP contribution in [-0.4, -0.2) is 69.5 Å². The molecule has 0 unspecified atom stereocenters. The van der Waals surface area contributed by atoms with Crippen molar-refractivity contribution in [3.8, 4) is 0 Å². The second kappa shape index (κ2) is 13.8. The van der Waals surface area contributed by atoms with Crippen molar-refractivity contribution < 1.29 is 4.79 Å². The minimum atomic E-state index is 0. The number of rotatable bonds is 9. The predicted molar refractivity (Wildman–Crippen MR) is 120 cm³/mol. The van der Waals surface area contributed by atoms with Gasteiger partial charge < -0.3 is 20.4 Å². The Bertz CT molecular complexity index is 545. The lowest BCUT2D eigenvalue weighted by Gasteiger charge is -2.18. The molecule has 148 valence electrons. The van der Waals surface area contributed by atoms with Crippen molar-refractivity contribution in [2.24, 2.45) is 4.99 Å². The number of nitrogens with one attached hydrogen (secondary N) is 2. The summed E-state index contributed by atoms with van der Waals surface area (Å²) >= 11 is 0. The van der Waals surface area contributed by atoms with Crippen molar-refractivity contribution in [2.75, 3.05) is 47.8 Å². The molecule has 2 N–H and O–H groups in total. The molecule has 0 bridgehead atoms. The quantitative estimate of drug-likeness (QED) is 0.327. The van der Waals surface area contributed by atoms with E-state index >= 15 is 0 Å². The van der Waals surface area contributed by atoms with E-state index in [1.54, 1.807) is 26.0 Å². The maximum atomic E-state index is 11.9. The molecule has 0 atom stereocenters. The van der Waals surface area contributed by atoms with Crippen molar-refractivity contribution >= 4 is 35.8 Å². The van der Waals surface area contributed by atoms with Gasteiger partial charge in [0, 0.05) is 46.3 Å². The Kier molecular flexibility index (Phi) is 13.1. The topological polar surface area (TPSA) is 60.0 Å². The highest BCUT2D eigenvalue weighted by atomic mass is 127. The second-order valence-corrected chi connectivity index (χ2v) is 6.41. The summed E-state index contributed by atoms with van der Waals surface area (Å²) in [5.41, 5.74) is 1.81. The van der Waals surface area contributed by atoms with Crippen LogP contribution in [0.1, 0.15) is 35.7 Å². The minimum Gasteiger partial charge on any atom is -0.355 e. The highest BCUT2D eigenvalue weighted by Crippen LogP contribution is 2.06. The number of unbranched alkanes of at least 4 members (excludes halogenated alkanes) is 1. The first-order valence-corrected chi connectivity index (χ1v) is 8.91. The van der Waals surface area contributed by atoms with Gasteiger partial charge in [-0.3, -0.25) is 9.79 Å². The predicted octanol–water partition coefficient (Wildman–Crippen LogP) is 2.40. The smallest absolute Gasteiger partial charge is 0.253 e. The molecule has 0 heterocycles. The molecule has 0 saturated carbocycles. The maximum Gasteiger partial charge on any atom is 0.253 e. The largest absolute Gasteiger partial charge is 0.355 e. The molecule has 26 heavy (non-hydrogen) atoms. The molecule has 0 aromatic heterocycles. The second-order valence-electron chi connectivity index (χ2n) is 6.41. The van der Waals surface area contributed by atoms with Crippen molar-refractivity contribution in [3.63, 3.8) is 0 Å². The lowest BCUT2D eigenvalue weighted by Crippen LogP contribution is -2.40. The Labute approximate surface area is 175 Å². The molecule has 0 saturated heterocycles. The molecule has 1 aromatic carbocycles. The fourth-order valence-electron chi connectivity index (χ4n) is 2.33. The average molecular weight is 475 g/mol. The Morgan fingerprint density at radius 1 is 1.08 bits per heavy atom. The highest BCUT2D eigenvalue weighted by Gasteiger charge is 2.07. The lowest BCUT2D eigenvalue weighted by molar-refractivity contribution is 0.0827. The third-order valence-electron chi connectivity index (χ3n) is 3.97. The number of aliphatic imine (C=N–C) groups is 1. The number of amides is 1. The summed E-state index contributed by atoms with van der Waals surface area (Å²) in [6.07, 6.45) is 2.45. The maximum absolute atomic E-state index is 11.9. The van der Waals surface area contributed by atoms with Gasteiger partial charge in [0.05, 0.1) is 0 Å². The number of hydrogen-bond acceptors (Lipinski definition) is 3. The van der Waals surface area contributed by atoms with Crippen molar-refractivity contribution in [1.29, 1.82) is 0 Å². The molecule has 0 aliphatic carbocycles. The number of hydrogen-bond donors (Lipinski definition) is 2. The van der Waals surface area contributed by atoms with Gasteiger partial charge in [-0.1, -0.05) is 25.5 Å². The van der Waals surface area contributed by atoms with Crippen molar-refractivity contribution in [2.45, 2.75) is 26.3 Å². The van der Waals surface area contributed by atoms with Gasteiger partial charge >= 0.3 is 0 Å². The van der Waals surface area contributed by atoms with Crippen LogP contribution in [0.4, 0.5) is 0 Å². The van der Waals surface area contributed by atoms with Crippen LogP contribution in [0, 0.1) is 0 Å². The zero-order valence-electron chi connectivity index (χ0n) is 16.7. The van der Waals surface area contributed by atoms with E-state index in [-0.39, 0.29) is 29.9 Å².